The van der Waals surface area contributed by atoms with E-state index in [2.05, 4.69) is 56.4 Å². The second-order valence-corrected chi connectivity index (χ2v) is 16.5. The molecular weight excluding hydrogens is 666 g/mol. The van der Waals surface area contributed by atoms with Crippen LogP contribution in [-0.4, -0.2) is 30.4 Å². The number of Topliss-reactive ketones (excluding diaryl/α,β-unsaturated/α-hetero) is 1. The summed E-state index contributed by atoms with van der Waals surface area (Å²) >= 11 is 6.16. The van der Waals surface area contributed by atoms with E-state index in [4.69, 9.17) is 16.2 Å². The highest BCUT2D eigenvalue weighted by Gasteiger charge is 2.27. The van der Waals surface area contributed by atoms with Crippen molar-refractivity contribution in [2.45, 2.75) is 72.1 Å². The van der Waals surface area contributed by atoms with E-state index in [0.717, 1.165) is 47.1 Å². The van der Waals surface area contributed by atoms with Crippen LogP contribution in [0, 0.1) is 18.3 Å². The molecule has 1 aliphatic carbocycles. The predicted molar refractivity (Wildman–Crippen MR) is 204 cm³/mol. The molecule has 2 atom stereocenters. The first kappa shape index (κ1) is 37.2. The lowest BCUT2D eigenvalue weighted by Gasteiger charge is -2.33. The molecule has 0 aliphatic heterocycles. The van der Waals surface area contributed by atoms with E-state index < -0.39 is 21.8 Å². The number of halogens is 1. The van der Waals surface area contributed by atoms with Crippen LogP contribution in [-0.2, 0) is 21.3 Å². The van der Waals surface area contributed by atoms with Gasteiger partial charge in [0.15, 0.2) is 5.78 Å². The third kappa shape index (κ3) is 10.0. The van der Waals surface area contributed by atoms with Crippen molar-refractivity contribution in [1.29, 1.82) is 0 Å². The van der Waals surface area contributed by atoms with Crippen LogP contribution < -0.4 is 5.32 Å². The monoisotopic (exact) mass is 711 g/mol. The third-order valence-electron chi connectivity index (χ3n) is 9.81. The summed E-state index contributed by atoms with van der Waals surface area (Å²) < 4.78 is 31.0. The number of amides is 1. The van der Waals surface area contributed by atoms with E-state index in [1.165, 1.54) is 11.1 Å². The fourth-order valence-corrected chi connectivity index (χ4v) is 7.45. The van der Waals surface area contributed by atoms with Gasteiger partial charge < -0.3 is 5.32 Å². The van der Waals surface area contributed by atoms with Crippen LogP contribution in [0.15, 0.2) is 97.1 Å². The minimum absolute atomic E-state index is 0.0141. The molecule has 5 rings (SSSR count). The van der Waals surface area contributed by atoms with Gasteiger partial charge in [-0.1, -0.05) is 105 Å². The zero-order valence-corrected chi connectivity index (χ0v) is 30.8. The van der Waals surface area contributed by atoms with Gasteiger partial charge in [0, 0.05) is 22.7 Å². The van der Waals surface area contributed by atoms with E-state index in [1.54, 1.807) is 12.1 Å². The van der Waals surface area contributed by atoms with Crippen molar-refractivity contribution < 1.29 is 22.6 Å². The van der Waals surface area contributed by atoms with Gasteiger partial charge in [-0.2, -0.15) is 8.42 Å². The lowest BCUT2D eigenvalue weighted by Crippen LogP contribution is -2.23. The summed E-state index contributed by atoms with van der Waals surface area (Å²) in [6.45, 7) is 8.95. The van der Waals surface area contributed by atoms with Crippen LogP contribution >= 0.6 is 11.6 Å². The highest BCUT2D eigenvalue weighted by molar-refractivity contribution is 7.85. The molecule has 0 saturated heterocycles. The fourth-order valence-electron chi connectivity index (χ4n) is 6.71. The Hall–Kier alpha value is -4.04. The molecule has 2 N–H and O–H groups in total. The number of rotatable bonds is 12. The van der Waals surface area contributed by atoms with Crippen molar-refractivity contribution >= 4 is 44.7 Å². The largest absolute Gasteiger partial charge is 0.326 e. The van der Waals surface area contributed by atoms with E-state index in [0.29, 0.717) is 28.6 Å². The second-order valence-electron chi connectivity index (χ2n) is 14.5. The van der Waals surface area contributed by atoms with Crippen molar-refractivity contribution in [1.82, 2.24) is 0 Å². The SMILES string of the molecule is Cc1cc(Cl)ccc1-c1ccc(NC(=O)[C@@H](Cc2ccc(C(=O)CCCS(=O)(=O)O)cc2)c2ccc(C3=CC[C@@H](C(C)(C)C)CC3)cc2)cc1. The number of aryl methyl sites for hydroxylation is 1. The predicted octanol–water partition coefficient (Wildman–Crippen LogP) is 10.4. The molecule has 1 aliphatic rings. The maximum atomic E-state index is 14.0. The Bertz CT molecular complexity index is 1960. The van der Waals surface area contributed by atoms with Crippen molar-refractivity contribution in [3.05, 3.63) is 130 Å². The summed E-state index contributed by atoms with van der Waals surface area (Å²) in [5.74, 6) is -0.619. The summed E-state index contributed by atoms with van der Waals surface area (Å²) in [7, 11) is -4.11. The third-order valence-corrected chi connectivity index (χ3v) is 10.8. The molecular formula is C42H46ClNO5S. The summed E-state index contributed by atoms with van der Waals surface area (Å²) in [5.41, 5.74) is 8.94. The Kier molecular flexibility index (Phi) is 11.8. The van der Waals surface area contributed by atoms with Gasteiger partial charge in [-0.3, -0.25) is 14.1 Å². The first-order chi connectivity index (χ1) is 23.7. The molecule has 50 heavy (non-hydrogen) atoms. The van der Waals surface area contributed by atoms with E-state index in [9.17, 15) is 18.0 Å². The van der Waals surface area contributed by atoms with Crippen molar-refractivity contribution in [2.75, 3.05) is 11.1 Å². The van der Waals surface area contributed by atoms with Gasteiger partial charge >= 0.3 is 0 Å². The molecule has 0 heterocycles. The number of anilines is 1. The van der Waals surface area contributed by atoms with Crippen molar-refractivity contribution in [3.8, 4) is 11.1 Å². The van der Waals surface area contributed by atoms with Gasteiger partial charge in [-0.15, -0.1) is 0 Å². The van der Waals surface area contributed by atoms with E-state index >= 15 is 0 Å². The average molecular weight is 712 g/mol. The Balaban J connectivity index is 1.35. The summed E-state index contributed by atoms with van der Waals surface area (Å²) in [6.07, 6.45) is 6.13. The minimum Gasteiger partial charge on any atom is -0.326 e. The van der Waals surface area contributed by atoms with E-state index in [1.807, 2.05) is 61.5 Å². The molecule has 0 fully saturated rings. The number of nitrogens with one attached hydrogen (secondary N) is 1. The molecule has 0 bridgehead atoms. The molecule has 4 aromatic carbocycles. The Labute approximate surface area is 301 Å². The molecule has 4 aromatic rings. The van der Waals surface area contributed by atoms with Crippen LogP contribution in [0.5, 0.6) is 0 Å². The molecule has 8 heteroatoms. The number of carbonyl (C=O) groups is 2. The smallest absolute Gasteiger partial charge is 0.264 e. The first-order valence-corrected chi connectivity index (χ1v) is 19.2. The van der Waals surface area contributed by atoms with E-state index in [-0.39, 0.29) is 29.9 Å². The van der Waals surface area contributed by atoms with Crippen molar-refractivity contribution in [3.63, 3.8) is 0 Å². The maximum Gasteiger partial charge on any atom is 0.264 e. The molecule has 0 aromatic heterocycles. The number of benzene rings is 4. The average Bonchev–Trinajstić information content (AvgIpc) is 3.07. The molecule has 0 radical (unpaired) electrons. The normalized spacial score (nSPS) is 15.6. The fraction of sp³-hybridized carbons (Fsp3) is 0.333. The minimum atomic E-state index is -4.11. The first-order valence-electron chi connectivity index (χ1n) is 17.2. The lowest BCUT2D eigenvalue weighted by molar-refractivity contribution is -0.117. The summed E-state index contributed by atoms with van der Waals surface area (Å²) in [4.78, 5) is 26.6. The molecule has 6 nitrogen and oxygen atoms in total. The van der Waals surface area contributed by atoms with Gasteiger partial charge in [0.25, 0.3) is 10.1 Å². The maximum absolute atomic E-state index is 14.0. The highest BCUT2D eigenvalue weighted by atomic mass is 35.5. The van der Waals surface area contributed by atoms with Gasteiger partial charge in [0.1, 0.15) is 0 Å². The van der Waals surface area contributed by atoms with Gasteiger partial charge in [0.05, 0.1) is 11.7 Å². The Morgan fingerprint density at radius 1 is 0.920 bits per heavy atom. The topological polar surface area (TPSA) is 101 Å². The number of hydrogen-bond donors (Lipinski definition) is 2. The number of ketones is 1. The Morgan fingerprint density at radius 3 is 2.16 bits per heavy atom. The highest BCUT2D eigenvalue weighted by Crippen LogP contribution is 2.40. The van der Waals surface area contributed by atoms with Crippen LogP contribution in [0.25, 0.3) is 16.7 Å². The summed E-state index contributed by atoms with van der Waals surface area (Å²) in [6, 6.07) is 29.0. The Morgan fingerprint density at radius 2 is 1.58 bits per heavy atom. The quantitative estimate of drug-likeness (QED) is 0.113. The van der Waals surface area contributed by atoms with Gasteiger partial charge in [0.2, 0.25) is 5.91 Å². The number of hydrogen-bond acceptors (Lipinski definition) is 4. The van der Waals surface area contributed by atoms with Crippen LogP contribution in [0.2, 0.25) is 5.02 Å². The number of carbonyl (C=O) groups excluding carboxylic acids is 2. The van der Waals surface area contributed by atoms with Crippen LogP contribution in [0.3, 0.4) is 0 Å². The van der Waals surface area contributed by atoms with Crippen molar-refractivity contribution in [2.24, 2.45) is 11.3 Å². The second kappa shape index (κ2) is 15.9. The lowest BCUT2D eigenvalue weighted by atomic mass is 9.72. The number of allylic oxidation sites excluding steroid dienone is 2. The van der Waals surface area contributed by atoms with Gasteiger partial charge in [-0.25, -0.2) is 0 Å². The molecule has 0 unspecified atom stereocenters. The molecule has 0 spiro atoms. The molecule has 262 valence electrons. The zero-order chi connectivity index (χ0) is 36.1. The summed E-state index contributed by atoms with van der Waals surface area (Å²) in [5, 5.41) is 3.82. The standard InChI is InChI=1S/C42H46ClNO5S/c1-28-26-36(43)21-24-38(28)32-17-22-37(23-18-32)44-41(46)39(27-29-7-9-34(10-8-29)40(45)6-5-25-50(47,48)49)33-13-11-30(12-14-33)31-15-19-35(20-16-31)42(2,3)4/h7-15,17-18,21-24,26,35,39H,5-6,16,19-20,25,27H2,1-4H3,(H,44,46)(H,47,48,49)/t35-,39+/m1/s1. The van der Waals surface area contributed by atoms with Gasteiger partial charge in [-0.05, 0) is 114 Å². The van der Waals surface area contributed by atoms with Crippen LogP contribution in [0.1, 0.15) is 91.4 Å². The molecule has 0 saturated carbocycles. The molecule has 1 amide bonds. The zero-order valence-electron chi connectivity index (χ0n) is 29.2. The van der Waals surface area contributed by atoms with Crippen LogP contribution in [0.4, 0.5) is 5.69 Å².